The number of rotatable bonds is 4. The van der Waals surface area contributed by atoms with E-state index in [0.29, 0.717) is 5.75 Å². The first-order valence-corrected chi connectivity index (χ1v) is 7.59. The van der Waals surface area contributed by atoms with E-state index in [1.54, 1.807) is 0 Å². The van der Waals surface area contributed by atoms with Crippen molar-refractivity contribution in [3.63, 3.8) is 0 Å². The molecule has 1 aromatic carbocycles. The molecule has 1 rings (SSSR count). The molecule has 0 aliphatic carbocycles. The van der Waals surface area contributed by atoms with Gasteiger partial charge >= 0.3 is 0 Å². The smallest absolute Gasteiger partial charge is 0.123 e. The maximum Gasteiger partial charge on any atom is 0.123 e. The first-order chi connectivity index (χ1) is 7.54. The molecular weight excluding hydrogens is 236 g/mol. The van der Waals surface area contributed by atoms with Crippen LogP contribution in [-0.2, 0) is 0 Å². The molecule has 16 heavy (non-hydrogen) atoms. The number of phenolic OH excluding ortho intramolecular Hbond substituents is 1. The number of phenols is 1. The van der Waals surface area contributed by atoms with E-state index in [1.165, 1.54) is 15.4 Å². The molecule has 0 aliphatic heterocycles. The molecule has 1 nitrogen and oxygen atoms in total. The highest BCUT2D eigenvalue weighted by atomic mass is 32.2. The average molecular weight is 256 g/mol. The van der Waals surface area contributed by atoms with Gasteiger partial charge in [0.2, 0.25) is 0 Å². The fourth-order valence-corrected chi connectivity index (χ4v) is 3.79. The Bertz CT molecular complexity index is 353. The van der Waals surface area contributed by atoms with Crippen LogP contribution in [0.4, 0.5) is 0 Å². The van der Waals surface area contributed by atoms with E-state index in [0.717, 1.165) is 22.6 Å². The second kappa shape index (κ2) is 5.87. The Kier molecular flexibility index (Phi) is 5.06. The van der Waals surface area contributed by atoms with Crippen LogP contribution >= 0.6 is 23.5 Å². The van der Waals surface area contributed by atoms with Crippen LogP contribution in [-0.4, -0.2) is 16.6 Å². The van der Waals surface area contributed by atoms with Crippen LogP contribution < -0.4 is 0 Å². The molecular formula is C13H20OS2. The summed E-state index contributed by atoms with van der Waals surface area (Å²) in [7, 11) is 0. The van der Waals surface area contributed by atoms with Crippen molar-refractivity contribution < 1.29 is 5.11 Å². The van der Waals surface area contributed by atoms with Crippen LogP contribution in [0.25, 0.3) is 0 Å². The predicted octanol–water partition coefficient (Wildman–Crippen LogP) is 4.54. The number of hydrogen-bond acceptors (Lipinski definition) is 3. The molecule has 0 atom stereocenters. The number of thioether (sulfide) groups is 2. The van der Waals surface area contributed by atoms with Crippen LogP contribution in [0.1, 0.15) is 30.5 Å². The molecule has 0 amide bonds. The zero-order chi connectivity index (χ0) is 12.3. The average Bonchev–Trinajstić information content (AvgIpc) is 2.28. The summed E-state index contributed by atoms with van der Waals surface area (Å²) >= 11 is 3.64. The van der Waals surface area contributed by atoms with E-state index in [2.05, 4.69) is 20.8 Å². The largest absolute Gasteiger partial charge is 0.507 e. The molecule has 3 heteroatoms. The standard InChI is InChI=1S/C13H20OS2/c1-6-15-12-8(3)11(14)9(4)13(10(12)5)16-7-2/h14H,6-7H2,1-5H3. The van der Waals surface area contributed by atoms with Gasteiger partial charge in [0.05, 0.1) is 0 Å². The highest BCUT2D eigenvalue weighted by Crippen LogP contribution is 2.41. The van der Waals surface area contributed by atoms with E-state index in [1.807, 2.05) is 37.4 Å². The topological polar surface area (TPSA) is 20.2 Å². The Hall–Kier alpha value is -0.280. The maximum absolute atomic E-state index is 10.1. The van der Waals surface area contributed by atoms with Crippen molar-refractivity contribution in [2.24, 2.45) is 0 Å². The molecule has 0 spiro atoms. The van der Waals surface area contributed by atoms with Gasteiger partial charge in [0.25, 0.3) is 0 Å². The van der Waals surface area contributed by atoms with Gasteiger partial charge in [0.1, 0.15) is 5.75 Å². The zero-order valence-electron chi connectivity index (χ0n) is 10.7. The summed E-state index contributed by atoms with van der Waals surface area (Å²) in [6.45, 7) is 10.5. The third kappa shape index (κ3) is 2.51. The van der Waals surface area contributed by atoms with Gasteiger partial charge in [0, 0.05) is 20.9 Å². The lowest BCUT2D eigenvalue weighted by Crippen LogP contribution is -1.95. The summed E-state index contributed by atoms with van der Waals surface area (Å²) < 4.78 is 0. The summed E-state index contributed by atoms with van der Waals surface area (Å²) in [6.07, 6.45) is 0. The monoisotopic (exact) mass is 256 g/mol. The van der Waals surface area contributed by atoms with Gasteiger partial charge < -0.3 is 5.11 Å². The lowest BCUT2D eigenvalue weighted by atomic mass is 10.1. The predicted molar refractivity (Wildman–Crippen MR) is 75.1 cm³/mol. The molecule has 1 aromatic rings. The normalized spacial score (nSPS) is 10.8. The van der Waals surface area contributed by atoms with E-state index in [-0.39, 0.29) is 0 Å². The van der Waals surface area contributed by atoms with E-state index >= 15 is 0 Å². The Morgan fingerprint density at radius 2 is 1.19 bits per heavy atom. The highest BCUT2D eigenvalue weighted by Gasteiger charge is 2.16. The third-order valence-electron chi connectivity index (χ3n) is 2.65. The lowest BCUT2D eigenvalue weighted by Gasteiger charge is -2.17. The van der Waals surface area contributed by atoms with Crippen molar-refractivity contribution in [1.29, 1.82) is 0 Å². The molecule has 0 fully saturated rings. The summed E-state index contributed by atoms with van der Waals surface area (Å²) in [5, 5.41) is 10.1. The summed E-state index contributed by atoms with van der Waals surface area (Å²) in [6, 6.07) is 0. The second-order valence-corrected chi connectivity index (χ2v) is 6.30. The van der Waals surface area contributed by atoms with Gasteiger partial charge in [0.15, 0.2) is 0 Å². The fourth-order valence-electron chi connectivity index (χ4n) is 1.88. The quantitative estimate of drug-likeness (QED) is 0.799. The minimum Gasteiger partial charge on any atom is -0.507 e. The molecule has 0 unspecified atom stereocenters. The van der Waals surface area contributed by atoms with Crippen LogP contribution in [0.5, 0.6) is 5.75 Å². The van der Waals surface area contributed by atoms with E-state index < -0.39 is 0 Å². The fraction of sp³-hybridized carbons (Fsp3) is 0.538. The number of aromatic hydroxyl groups is 1. The molecule has 0 radical (unpaired) electrons. The molecule has 0 heterocycles. The second-order valence-electron chi connectivity index (χ2n) is 3.75. The van der Waals surface area contributed by atoms with Gasteiger partial charge in [-0.15, -0.1) is 23.5 Å². The molecule has 0 saturated heterocycles. The lowest BCUT2D eigenvalue weighted by molar-refractivity contribution is 0.462. The van der Waals surface area contributed by atoms with Gasteiger partial charge in [-0.05, 0) is 37.8 Å². The molecule has 0 bridgehead atoms. The van der Waals surface area contributed by atoms with Crippen molar-refractivity contribution in [1.82, 2.24) is 0 Å². The Balaban J connectivity index is 3.39. The number of benzene rings is 1. The summed E-state index contributed by atoms with van der Waals surface area (Å²) in [5.41, 5.74) is 3.39. The Labute approximate surface area is 107 Å². The highest BCUT2D eigenvalue weighted by molar-refractivity contribution is 8.00. The SMILES string of the molecule is CCSc1c(C)c(O)c(C)c(SCC)c1C. The molecule has 90 valence electrons. The van der Waals surface area contributed by atoms with Gasteiger partial charge in [-0.1, -0.05) is 13.8 Å². The van der Waals surface area contributed by atoms with Crippen molar-refractivity contribution in [3.8, 4) is 5.75 Å². The van der Waals surface area contributed by atoms with Crippen LogP contribution in [0.2, 0.25) is 0 Å². The maximum atomic E-state index is 10.1. The minimum atomic E-state index is 0.470. The van der Waals surface area contributed by atoms with Crippen LogP contribution in [0.3, 0.4) is 0 Å². The van der Waals surface area contributed by atoms with E-state index in [9.17, 15) is 5.11 Å². The molecule has 1 N–H and O–H groups in total. The Morgan fingerprint density at radius 3 is 1.50 bits per heavy atom. The van der Waals surface area contributed by atoms with Crippen LogP contribution in [0, 0.1) is 20.8 Å². The first kappa shape index (κ1) is 13.8. The van der Waals surface area contributed by atoms with Crippen molar-refractivity contribution >= 4 is 23.5 Å². The number of hydrogen-bond donors (Lipinski definition) is 1. The Morgan fingerprint density at radius 1 is 0.812 bits per heavy atom. The third-order valence-corrected chi connectivity index (χ3v) is 5.03. The molecule has 0 aliphatic rings. The van der Waals surface area contributed by atoms with Gasteiger partial charge in [-0.25, -0.2) is 0 Å². The van der Waals surface area contributed by atoms with Gasteiger partial charge in [-0.3, -0.25) is 0 Å². The summed E-state index contributed by atoms with van der Waals surface area (Å²) in [5.74, 6) is 2.55. The van der Waals surface area contributed by atoms with Crippen molar-refractivity contribution in [2.75, 3.05) is 11.5 Å². The van der Waals surface area contributed by atoms with Crippen molar-refractivity contribution in [3.05, 3.63) is 16.7 Å². The van der Waals surface area contributed by atoms with Crippen molar-refractivity contribution in [2.45, 2.75) is 44.4 Å². The zero-order valence-corrected chi connectivity index (χ0v) is 12.3. The van der Waals surface area contributed by atoms with Crippen LogP contribution in [0.15, 0.2) is 9.79 Å². The minimum absolute atomic E-state index is 0.470. The van der Waals surface area contributed by atoms with Gasteiger partial charge in [-0.2, -0.15) is 0 Å². The first-order valence-electron chi connectivity index (χ1n) is 5.62. The molecule has 0 saturated carbocycles. The summed E-state index contributed by atoms with van der Waals surface area (Å²) in [4.78, 5) is 2.50. The van der Waals surface area contributed by atoms with E-state index in [4.69, 9.17) is 0 Å². The molecule has 0 aromatic heterocycles.